The molecule has 2 aliphatic heterocycles. The van der Waals surface area contributed by atoms with E-state index >= 15 is 0 Å². The van der Waals surface area contributed by atoms with Crippen molar-refractivity contribution in [2.75, 3.05) is 45.8 Å². The van der Waals surface area contributed by atoms with Crippen molar-refractivity contribution >= 4 is 15.9 Å². The molecule has 0 unspecified atom stereocenters. The van der Waals surface area contributed by atoms with Crippen LogP contribution in [0.1, 0.15) is 30.4 Å². The second-order valence-corrected chi connectivity index (χ2v) is 9.30. The second kappa shape index (κ2) is 8.06. The SMILES string of the molecule is Cc1ccc(S(=O)(=O)N2CCN(CC(=O)N3CCCCC3)CC2)c(C)c1. The number of carbonyl (C=O) groups excluding carboxylic acids is 1. The van der Waals surface area contributed by atoms with E-state index in [0.717, 1.165) is 37.1 Å². The Balaban J connectivity index is 1.58. The molecule has 3 rings (SSSR count). The number of carbonyl (C=O) groups is 1. The van der Waals surface area contributed by atoms with Gasteiger partial charge in [-0.3, -0.25) is 9.69 Å². The van der Waals surface area contributed by atoms with Gasteiger partial charge in [-0.15, -0.1) is 0 Å². The summed E-state index contributed by atoms with van der Waals surface area (Å²) in [5.74, 6) is 0.176. The molecule has 0 N–H and O–H groups in total. The summed E-state index contributed by atoms with van der Waals surface area (Å²) < 4.78 is 27.4. The molecule has 1 amide bonds. The molecule has 7 heteroatoms. The van der Waals surface area contributed by atoms with Crippen LogP contribution in [0.4, 0.5) is 0 Å². The van der Waals surface area contributed by atoms with Crippen molar-refractivity contribution in [3.8, 4) is 0 Å². The third kappa shape index (κ3) is 4.27. The largest absolute Gasteiger partial charge is 0.342 e. The summed E-state index contributed by atoms with van der Waals surface area (Å²) in [5, 5.41) is 0. The zero-order valence-corrected chi connectivity index (χ0v) is 16.6. The van der Waals surface area contributed by atoms with Crippen molar-refractivity contribution in [1.82, 2.24) is 14.1 Å². The van der Waals surface area contributed by atoms with Crippen LogP contribution in [-0.4, -0.2) is 74.2 Å². The van der Waals surface area contributed by atoms with E-state index in [4.69, 9.17) is 0 Å². The lowest BCUT2D eigenvalue weighted by Crippen LogP contribution is -2.52. The molecule has 6 nitrogen and oxygen atoms in total. The molecule has 2 heterocycles. The maximum atomic E-state index is 12.9. The third-order valence-electron chi connectivity index (χ3n) is 5.35. The summed E-state index contributed by atoms with van der Waals surface area (Å²) in [7, 11) is -3.47. The maximum Gasteiger partial charge on any atom is 0.243 e. The van der Waals surface area contributed by atoms with E-state index in [1.54, 1.807) is 10.4 Å². The van der Waals surface area contributed by atoms with Crippen molar-refractivity contribution < 1.29 is 13.2 Å². The molecule has 26 heavy (non-hydrogen) atoms. The van der Waals surface area contributed by atoms with E-state index in [2.05, 4.69) is 4.90 Å². The summed E-state index contributed by atoms with van der Waals surface area (Å²) in [6.45, 7) is 7.99. The van der Waals surface area contributed by atoms with E-state index in [1.807, 2.05) is 30.9 Å². The van der Waals surface area contributed by atoms with Gasteiger partial charge < -0.3 is 4.90 Å². The van der Waals surface area contributed by atoms with Crippen LogP contribution in [0.15, 0.2) is 23.1 Å². The Kier molecular flexibility index (Phi) is 5.99. The van der Waals surface area contributed by atoms with Gasteiger partial charge in [-0.1, -0.05) is 17.7 Å². The summed E-state index contributed by atoms with van der Waals surface area (Å²) in [6.07, 6.45) is 3.39. The lowest BCUT2D eigenvalue weighted by atomic mass is 10.1. The third-order valence-corrected chi connectivity index (χ3v) is 7.41. The van der Waals surface area contributed by atoms with Gasteiger partial charge in [-0.25, -0.2) is 8.42 Å². The Bertz CT molecular complexity index is 749. The van der Waals surface area contributed by atoms with E-state index in [0.29, 0.717) is 37.6 Å². The van der Waals surface area contributed by atoms with Gasteiger partial charge in [0.1, 0.15) is 0 Å². The standard InChI is InChI=1S/C19H29N3O3S/c1-16-6-7-18(17(2)14-16)26(24,25)22-12-10-20(11-13-22)15-19(23)21-8-4-3-5-9-21/h6-7,14H,3-5,8-13,15H2,1-2H3. The number of hydrogen-bond acceptors (Lipinski definition) is 4. The van der Waals surface area contributed by atoms with Crippen LogP contribution in [0.25, 0.3) is 0 Å². The lowest BCUT2D eigenvalue weighted by Gasteiger charge is -2.35. The van der Waals surface area contributed by atoms with Gasteiger partial charge in [0, 0.05) is 39.3 Å². The highest BCUT2D eigenvalue weighted by molar-refractivity contribution is 7.89. The smallest absolute Gasteiger partial charge is 0.243 e. The van der Waals surface area contributed by atoms with Gasteiger partial charge in [0.25, 0.3) is 0 Å². The van der Waals surface area contributed by atoms with Crippen LogP contribution in [0.2, 0.25) is 0 Å². The lowest BCUT2D eigenvalue weighted by molar-refractivity contribution is -0.133. The maximum absolute atomic E-state index is 12.9. The second-order valence-electron chi connectivity index (χ2n) is 7.39. The molecular weight excluding hydrogens is 350 g/mol. The number of aryl methyl sites for hydroxylation is 2. The highest BCUT2D eigenvalue weighted by Gasteiger charge is 2.30. The molecule has 0 spiro atoms. The highest BCUT2D eigenvalue weighted by atomic mass is 32.2. The molecule has 0 atom stereocenters. The van der Waals surface area contributed by atoms with E-state index in [9.17, 15) is 13.2 Å². The van der Waals surface area contributed by atoms with Crippen molar-refractivity contribution in [2.45, 2.75) is 38.0 Å². The minimum Gasteiger partial charge on any atom is -0.342 e. The van der Waals surface area contributed by atoms with Gasteiger partial charge in [0.2, 0.25) is 15.9 Å². The van der Waals surface area contributed by atoms with Crippen LogP contribution in [-0.2, 0) is 14.8 Å². The number of sulfonamides is 1. The van der Waals surface area contributed by atoms with Gasteiger partial charge >= 0.3 is 0 Å². The van der Waals surface area contributed by atoms with Crippen molar-refractivity contribution in [2.24, 2.45) is 0 Å². The van der Waals surface area contributed by atoms with Crippen molar-refractivity contribution in [1.29, 1.82) is 0 Å². The van der Waals surface area contributed by atoms with Gasteiger partial charge in [-0.2, -0.15) is 4.31 Å². The molecule has 2 fully saturated rings. The van der Waals surface area contributed by atoms with Crippen molar-refractivity contribution in [3.63, 3.8) is 0 Å². The normalized spacial score (nSPS) is 20.3. The van der Waals surface area contributed by atoms with E-state index < -0.39 is 10.0 Å². The van der Waals surface area contributed by atoms with Crippen LogP contribution in [0.3, 0.4) is 0 Å². The fourth-order valence-corrected chi connectivity index (χ4v) is 5.42. The molecule has 2 saturated heterocycles. The molecule has 1 aromatic carbocycles. The van der Waals surface area contributed by atoms with E-state index in [-0.39, 0.29) is 5.91 Å². The molecule has 0 bridgehead atoms. The summed E-state index contributed by atoms with van der Waals surface area (Å²) in [5.41, 5.74) is 1.84. The molecule has 0 radical (unpaired) electrons. The Morgan fingerprint density at radius 1 is 0.962 bits per heavy atom. The quantitative estimate of drug-likeness (QED) is 0.798. The van der Waals surface area contributed by atoms with Gasteiger partial charge in [0.05, 0.1) is 11.4 Å². The first-order valence-corrected chi connectivity index (χ1v) is 10.9. The molecule has 0 saturated carbocycles. The molecule has 0 aromatic heterocycles. The number of hydrogen-bond donors (Lipinski definition) is 0. The first kappa shape index (κ1) is 19.3. The monoisotopic (exact) mass is 379 g/mol. The van der Waals surface area contributed by atoms with Crippen LogP contribution in [0.5, 0.6) is 0 Å². The predicted octanol–water partition coefficient (Wildman–Crippen LogP) is 1.62. The van der Waals surface area contributed by atoms with Gasteiger partial charge in [-0.05, 0) is 44.7 Å². The Morgan fingerprint density at radius 2 is 1.62 bits per heavy atom. The number of amides is 1. The average Bonchev–Trinajstić information content (AvgIpc) is 2.62. The topological polar surface area (TPSA) is 60.9 Å². The Morgan fingerprint density at radius 3 is 2.23 bits per heavy atom. The Labute approximate surface area is 156 Å². The number of piperidine rings is 1. The summed E-state index contributed by atoms with van der Waals surface area (Å²) in [6, 6.07) is 5.44. The zero-order valence-electron chi connectivity index (χ0n) is 15.8. The average molecular weight is 380 g/mol. The minimum atomic E-state index is -3.47. The molecule has 0 aliphatic carbocycles. The molecular formula is C19H29N3O3S. The molecule has 2 aliphatic rings. The first-order chi connectivity index (χ1) is 12.4. The first-order valence-electron chi connectivity index (χ1n) is 9.45. The van der Waals surface area contributed by atoms with Crippen LogP contribution in [0, 0.1) is 13.8 Å². The zero-order chi connectivity index (χ0) is 18.7. The van der Waals surface area contributed by atoms with E-state index in [1.165, 1.54) is 6.42 Å². The Hall–Kier alpha value is -1.44. The van der Waals surface area contributed by atoms with Crippen LogP contribution >= 0.6 is 0 Å². The number of benzene rings is 1. The van der Waals surface area contributed by atoms with Crippen molar-refractivity contribution in [3.05, 3.63) is 29.3 Å². The predicted molar refractivity (Wildman–Crippen MR) is 102 cm³/mol. The molecule has 1 aromatic rings. The molecule has 144 valence electrons. The number of rotatable bonds is 4. The summed E-state index contributed by atoms with van der Waals surface area (Å²) >= 11 is 0. The number of piperazine rings is 1. The van der Waals surface area contributed by atoms with Crippen LogP contribution < -0.4 is 0 Å². The number of likely N-dealkylation sites (tertiary alicyclic amines) is 1. The highest BCUT2D eigenvalue weighted by Crippen LogP contribution is 2.22. The summed E-state index contributed by atoms with van der Waals surface area (Å²) in [4.78, 5) is 16.8. The van der Waals surface area contributed by atoms with Gasteiger partial charge in [0.15, 0.2) is 0 Å². The fraction of sp³-hybridized carbons (Fsp3) is 0.632. The minimum absolute atomic E-state index is 0.176. The fourth-order valence-electron chi connectivity index (χ4n) is 3.79. The number of nitrogens with zero attached hydrogens (tertiary/aromatic N) is 3.